The van der Waals surface area contributed by atoms with Crippen LogP contribution in [0, 0.1) is 0 Å². The molecule has 1 atom stereocenters. The number of hydrogen-bond acceptors (Lipinski definition) is 4. The van der Waals surface area contributed by atoms with Crippen LogP contribution >= 0.6 is 0 Å². The summed E-state index contributed by atoms with van der Waals surface area (Å²) in [5.74, 6) is 0.0513. The number of hydrogen-bond donors (Lipinski definition) is 1. The van der Waals surface area contributed by atoms with Crippen LogP contribution in [-0.4, -0.2) is 71.3 Å². The van der Waals surface area contributed by atoms with E-state index in [1.807, 2.05) is 11.0 Å². The molecular weight excluding hydrogens is 280 g/mol. The average Bonchev–Trinajstić information content (AvgIpc) is 3.20. The van der Waals surface area contributed by atoms with Gasteiger partial charge in [-0.15, -0.1) is 0 Å². The minimum Gasteiger partial charge on any atom is -0.377 e. The van der Waals surface area contributed by atoms with E-state index < -0.39 is 0 Å². The van der Waals surface area contributed by atoms with Gasteiger partial charge in [0.2, 0.25) is 0 Å². The van der Waals surface area contributed by atoms with Gasteiger partial charge in [-0.25, -0.2) is 0 Å². The van der Waals surface area contributed by atoms with Gasteiger partial charge in [0.15, 0.2) is 0 Å². The molecule has 0 aromatic carbocycles. The Kier molecular flexibility index (Phi) is 5.10. The molecule has 3 rings (SSSR count). The summed E-state index contributed by atoms with van der Waals surface area (Å²) < 4.78 is 5.69. The summed E-state index contributed by atoms with van der Waals surface area (Å²) >= 11 is 0. The maximum atomic E-state index is 12.5. The van der Waals surface area contributed by atoms with Crippen LogP contribution in [0.1, 0.15) is 42.4 Å². The molecule has 1 N–H and O–H groups in total. The lowest BCUT2D eigenvalue weighted by molar-refractivity contribution is 0.0430. The van der Waals surface area contributed by atoms with Crippen LogP contribution in [-0.2, 0) is 11.2 Å². The van der Waals surface area contributed by atoms with Crippen LogP contribution in [0.15, 0.2) is 6.07 Å². The third-order valence-electron chi connectivity index (χ3n) is 4.51. The van der Waals surface area contributed by atoms with E-state index in [1.54, 1.807) is 0 Å². The van der Waals surface area contributed by atoms with Crippen molar-refractivity contribution in [1.29, 1.82) is 0 Å². The molecule has 6 heteroatoms. The van der Waals surface area contributed by atoms with Crippen molar-refractivity contribution in [2.75, 3.05) is 39.3 Å². The Morgan fingerprint density at radius 1 is 1.41 bits per heavy atom. The molecule has 0 saturated carbocycles. The fraction of sp³-hybridized carbons (Fsp3) is 0.750. The lowest BCUT2D eigenvalue weighted by Gasteiger charge is -2.35. The summed E-state index contributed by atoms with van der Waals surface area (Å²) in [5, 5.41) is 7.12. The van der Waals surface area contributed by atoms with E-state index in [-0.39, 0.29) is 5.91 Å². The number of aryl methyl sites for hydroxylation is 1. The van der Waals surface area contributed by atoms with E-state index in [1.165, 1.54) is 12.8 Å². The summed E-state index contributed by atoms with van der Waals surface area (Å²) in [6.45, 7) is 7.45. The molecule has 3 heterocycles. The first kappa shape index (κ1) is 15.5. The van der Waals surface area contributed by atoms with E-state index in [0.29, 0.717) is 11.8 Å². The van der Waals surface area contributed by atoms with E-state index in [9.17, 15) is 4.79 Å². The van der Waals surface area contributed by atoms with Crippen molar-refractivity contribution in [3.8, 4) is 0 Å². The number of aromatic nitrogens is 2. The lowest BCUT2D eigenvalue weighted by Crippen LogP contribution is -2.50. The predicted octanol–water partition coefficient (Wildman–Crippen LogP) is 1.30. The maximum Gasteiger partial charge on any atom is 0.274 e. The third-order valence-corrected chi connectivity index (χ3v) is 4.51. The average molecular weight is 306 g/mol. The molecule has 1 aromatic rings. The summed E-state index contributed by atoms with van der Waals surface area (Å²) in [7, 11) is 0. The highest BCUT2D eigenvalue weighted by molar-refractivity contribution is 5.92. The SMILES string of the molecule is CCCc1cc(C(=O)N2CCN(C[C@H]3CCCO3)CC2)n[nH]1. The molecule has 0 spiro atoms. The maximum absolute atomic E-state index is 12.5. The smallest absolute Gasteiger partial charge is 0.274 e. The zero-order chi connectivity index (χ0) is 15.4. The van der Waals surface area contributed by atoms with Gasteiger partial charge in [0, 0.05) is 45.0 Å². The molecule has 2 aliphatic heterocycles. The van der Waals surface area contributed by atoms with Gasteiger partial charge in [-0.2, -0.15) is 5.10 Å². The van der Waals surface area contributed by atoms with Crippen LogP contribution in [0.5, 0.6) is 0 Å². The number of piperazine rings is 1. The van der Waals surface area contributed by atoms with Gasteiger partial charge in [0.05, 0.1) is 6.10 Å². The predicted molar refractivity (Wildman–Crippen MR) is 83.9 cm³/mol. The second-order valence-corrected chi connectivity index (χ2v) is 6.26. The lowest BCUT2D eigenvalue weighted by atomic mass is 10.2. The highest BCUT2D eigenvalue weighted by atomic mass is 16.5. The number of ether oxygens (including phenoxy) is 1. The van der Waals surface area contributed by atoms with Crippen LogP contribution in [0.4, 0.5) is 0 Å². The Morgan fingerprint density at radius 2 is 2.23 bits per heavy atom. The van der Waals surface area contributed by atoms with Gasteiger partial charge >= 0.3 is 0 Å². The Morgan fingerprint density at radius 3 is 2.91 bits per heavy atom. The number of carbonyl (C=O) groups excluding carboxylic acids is 1. The van der Waals surface area contributed by atoms with Crippen molar-refractivity contribution in [3.05, 3.63) is 17.5 Å². The number of nitrogens with one attached hydrogen (secondary N) is 1. The molecule has 1 amide bonds. The highest BCUT2D eigenvalue weighted by Crippen LogP contribution is 2.15. The number of nitrogens with zero attached hydrogens (tertiary/aromatic N) is 3. The third kappa shape index (κ3) is 3.67. The molecule has 2 saturated heterocycles. The zero-order valence-electron chi connectivity index (χ0n) is 13.4. The van der Waals surface area contributed by atoms with E-state index >= 15 is 0 Å². The van der Waals surface area contributed by atoms with E-state index in [0.717, 1.165) is 57.9 Å². The first-order valence-electron chi connectivity index (χ1n) is 8.43. The molecule has 0 aliphatic carbocycles. The molecule has 6 nitrogen and oxygen atoms in total. The Labute approximate surface area is 131 Å². The molecule has 0 bridgehead atoms. The molecule has 2 aliphatic rings. The first-order chi connectivity index (χ1) is 10.8. The summed E-state index contributed by atoms with van der Waals surface area (Å²) in [5.41, 5.74) is 1.60. The highest BCUT2D eigenvalue weighted by Gasteiger charge is 2.26. The number of H-pyrrole nitrogens is 1. The molecule has 1 aromatic heterocycles. The van der Waals surface area contributed by atoms with Crippen molar-refractivity contribution in [2.24, 2.45) is 0 Å². The van der Waals surface area contributed by atoms with Gasteiger partial charge in [0.1, 0.15) is 5.69 Å². The quantitative estimate of drug-likeness (QED) is 0.891. The van der Waals surface area contributed by atoms with Crippen molar-refractivity contribution in [3.63, 3.8) is 0 Å². The van der Waals surface area contributed by atoms with Crippen LogP contribution in [0.25, 0.3) is 0 Å². The van der Waals surface area contributed by atoms with Crippen LogP contribution in [0.3, 0.4) is 0 Å². The van der Waals surface area contributed by atoms with Crippen molar-refractivity contribution < 1.29 is 9.53 Å². The van der Waals surface area contributed by atoms with Crippen molar-refractivity contribution in [2.45, 2.75) is 38.7 Å². The van der Waals surface area contributed by atoms with Gasteiger partial charge < -0.3 is 9.64 Å². The van der Waals surface area contributed by atoms with E-state index in [4.69, 9.17) is 4.74 Å². The molecular formula is C16H26N4O2. The number of amides is 1. The molecule has 2 fully saturated rings. The minimum absolute atomic E-state index is 0.0513. The molecule has 122 valence electrons. The zero-order valence-corrected chi connectivity index (χ0v) is 13.4. The number of carbonyl (C=O) groups is 1. The van der Waals surface area contributed by atoms with Gasteiger partial charge in [-0.05, 0) is 25.3 Å². The molecule has 0 unspecified atom stereocenters. The largest absolute Gasteiger partial charge is 0.377 e. The Bertz CT molecular complexity index is 488. The fourth-order valence-electron chi connectivity index (χ4n) is 3.24. The van der Waals surface area contributed by atoms with Crippen molar-refractivity contribution >= 4 is 5.91 Å². The summed E-state index contributed by atoms with van der Waals surface area (Å²) in [6.07, 6.45) is 4.74. The fourth-order valence-corrected chi connectivity index (χ4v) is 3.24. The van der Waals surface area contributed by atoms with Gasteiger partial charge in [-0.3, -0.25) is 14.8 Å². The topological polar surface area (TPSA) is 61.5 Å². The monoisotopic (exact) mass is 306 g/mol. The summed E-state index contributed by atoms with van der Waals surface area (Å²) in [6, 6.07) is 1.89. The summed E-state index contributed by atoms with van der Waals surface area (Å²) in [4.78, 5) is 16.8. The van der Waals surface area contributed by atoms with Gasteiger partial charge in [-0.1, -0.05) is 13.3 Å². The van der Waals surface area contributed by atoms with Crippen LogP contribution < -0.4 is 0 Å². The first-order valence-corrected chi connectivity index (χ1v) is 8.43. The number of aromatic amines is 1. The van der Waals surface area contributed by atoms with Crippen LogP contribution in [0.2, 0.25) is 0 Å². The Balaban J connectivity index is 1.48. The normalized spacial score (nSPS) is 23.1. The number of rotatable bonds is 5. The van der Waals surface area contributed by atoms with E-state index in [2.05, 4.69) is 22.0 Å². The molecule has 22 heavy (non-hydrogen) atoms. The second-order valence-electron chi connectivity index (χ2n) is 6.26. The Hall–Kier alpha value is -1.40. The molecule has 0 radical (unpaired) electrons. The van der Waals surface area contributed by atoms with Crippen molar-refractivity contribution in [1.82, 2.24) is 20.0 Å². The standard InChI is InChI=1S/C16H26N4O2/c1-2-4-13-11-15(18-17-13)16(21)20-8-6-19(7-9-20)12-14-5-3-10-22-14/h11,14H,2-10,12H2,1H3,(H,17,18)/t14-/m1/s1. The van der Waals surface area contributed by atoms with Gasteiger partial charge in [0.25, 0.3) is 5.91 Å². The second kappa shape index (κ2) is 7.24. The minimum atomic E-state index is 0.0513.